The minimum atomic E-state index is -4.09. The number of rotatable bonds is 7. The summed E-state index contributed by atoms with van der Waals surface area (Å²) in [5.41, 5.74) is 2.86. The minimum absolute atomic E-state index is 0.0880. The molecule has 0 atom stereocenters. The van der Waals surface area contributed by atoms with Crippen LogP contribution in [0.25, 0.3) is 0 Å². The van der Waals surface area contributed by atoms with Crippen molar-refractivity contribution < 1.29 is 28.6 Å². The molecule has 0 aliphatic rings. The molecule has 1 rings (SSSR count). The Morgan fingerprint density at radius 1 is 1.23 bits per heavy atom. The van der Waals surface area contributed by atoms with Crippen molar-refractivity contribution in [2.24, 2.45) is 0 Å². The molecule has 7 heteroatoms. The number of ether oxygens (including phenoxy) is 2. The van der Waals surface area contributed by atoms with Crippen LogP contribution in [0.15, 0.2) is 24.3 Å². The van der Waals surface area contributed by atoms with Crippen molar-refractivity contribution in [3.05, 3.63) is 41.0 Å². The highest BCUT2D eigenvalue weighted by Crippen LogP contribution is 2.33. The Hall–Kier alpha value is -1.46. The summed E-state index contributed by atoms with van der Waals surface area (Å²) in [6, 6.07) is 3.82. The number of benzene rings is 1. The highest BCUT2D eigenvalue weighted by molar-refractivity contribution is 7.51. The third kappa shape index (κ3) is 6.12. The number of carbonyl (C=O) groups is 1. The SMILES string of the molecule is C=C(COCCP(=O)(O)O)C(=O)Oc1c(C)cc(C)cc1C. The molecule has 0 aliphatic carbocycles. The number of carbonyl (C=O) groups excluding carboxylic acids is 1. The van der Waals surface area contributed by atoms with Gasteiger partial charge < -0.3 is 19.3 Å². The molecular formula is C15H21O6P. The molecule has 0 spiro atoms. The predicted octanol–water partition coefficient (Wildman–Crippen LogP) is 2.27. The molecule has 0 fully saturated rings. The van der Waals surface area contributed by atoms with E-state index in [4.69, 9.17) is 19.3 Å². The average molecular weight is 328 g/mol. The van der Waals surface area contributed by atoms with Gasteiger partial charge in [0.05, 0.1) is 24.9 Å². The first-order chi connectivity index (χ1) is 10.1. The summed E-state index contributed by atoms with van der Waals surface area (Å²) < 4.78 is 21.0. The fraction of sp³-hybridized carbons (Fsp3) is 0.400. The molecule has 0 saturated heterocycles. The van der Waals surface area contributed by atoms with E-state index in [0.29, 0.717) is 5.75 Å². The molecule has 0 aromatic heterocycles. The number of aryl methyl sites for hydroxylation is 3. The Labute approximate surface area is 129 Å². The average Bonchev–Trinajstić information content (AvgIpc) is 2.37. The van der Waals surface area contributed by atoms with Crippen molar-refractivity contribution in [3.63, 3.8) is 0 Å². The molecule has 0 unspecified atom stereocenters. The van der Waals surface area contributed by atoms with Crippen LogP contribution in [0, 0.1) is 20.8 Å². The lowest BCUT2D eigenvalue weighted by Gasteiger charge is -2.13. The third-order valence-electron chi connectivity index (χ3n) is 2.89. The maximum Gasteiger partial charge on any atom is 0.341 e. The molecule has 0 aliphatic heterocycles. The molecule has 0 heterocycles. The molecule has 1 aromatic rings. The first kappa shape index (κ1) is 18.6. The molecule has 1 aromatic carbocycles. The fourth-order valence-electron chi connectivity index (χ4n) is 1.93. The van der Waals surface area contributed by atoms with Crippen LogP contribution in [0.3, 0.4) is 0 Å². The topological polar surface area (TPSA) is 93.1 Å². The molecule has 0 radical (unpaired) electrons. The molecule has 2 N–H and O–H groups in total. The van der Waals surface area contributed by atoms with Gasteiger partial charge in [-0.2, -0.15) is 0 Å². The Kier molecular flexibility index (Phi) is 6.50. The maximum absolute atomic E-state index is 11.9. The molecule has 0 amide bonds. The fourth-order valence-corrected chi connectivity index (χ4v) is 2.30. The second kappa shape index (κ2) is 7.70. The lowest BCUT2D eigenvalue weighted by molar-refractivity contribution is -0.130. The second-order valence-corrected chi connectivity index (χ2v) is 6.94. The number of esters is 1. The monoisotopic (exact) mass is 328 g/mol. The van der Waals surface area contributed by atoms with Gasteiger partial charge in [-0.05, 0) is 31.9 Å². The van der Waals surface area contributed by atoms with Crippen LogP contribution in [0.2, 0.25) is 0 Å². The standard InChI is InChI=1S/C15H21O6P/c1-10-7-11(2)14(12(3)8-10)21-15(16)13(4)9-20-5-6-22(17,18)19/h7-8H,4-6,9H2,1-3H3,(H2,17,18,19). The third-order valence-corrected chi connectivity index (χ3v) is 3.66. The van der Waals surface area contributed by atoms with Crippen LogP contribution in [-0.4, -0.2) is 35.1 Å². The quantitative estimate of drug-likeness (QED) is 0.262. The Morgan fingerprint density at radius 2 is 1.77 bits per heavy atom. The summed E-state index contributed by atoms with van der Waals surface area (Å²) in [5, 5.41) is 0. The van der Waals surface area contributed by atoms with E-state index in [1.165, 1.54) is 0 Å². The zero-order valence-corrected chi connectivity index (χ0v) is 13.9. The zero-order valence-electron chi connectivity index (χ0n) is 13.0. The molecule has 0 bridgehead atoms. The van der Waals surface area contributed by atoms with E-state index in [0.717, 1.165) is 16.7 Å². The van der Waals surface area contributed by atoms with Crippen molar-refractivity contribution in [3.8, 4) is 5.75 Å². The van der Waals surface area contributed by atoms with E-state index in [-0.39, 0.29) is 18.8 Å². The van der Waals surface area contributed by atoms with E-state index < -0.39 is 19.7 Å². The van der Waals surface area contributed by atoms with Crippen molar-refractivity contribution in [1.29, 1.82) is 0 Å². The summed E-state index contributed by atoms with van der Waals surface area (Å²) >= 11 is 0. The first-order valence-electron chi connectivity index (χ1n) is 6.70. The molecule has 22 heavy (non-hydrogen) atoms. The van der Waals surface area contributed by atoms with E-state index in [1.54, 1.807) is 0 Å². The molecule has 0 saturated carbocycles. The summed E-state index contributed by atoms with van der Waals surface area (Å²) in [6.07, 6.45) is -0.397. The maximum atomic E-state index is 11.9. The summed E-state index contributed by atoms with van der Waals surface area (Å²) in [7, 11) is -4.09. The predicted molar refractivity (Wildman–Crippen MR) is 83.2 cm³/mol. The molecule has 122 valence electrons. The van der Waals surface area contributed by atoms with Gasteiger partial charge >= 0.3 is 13.6 Å². The Balaban J connectivity index is 2.55. The lowest BCUT2D eigenvalue weighted by atomic mass is 10.1. The van der Waals surface area contributed by atoms with Crippen molar-refractivity contribution in [2.45, 2.75) is 20.8 Å². The Morgan fingerprint density at radius 3 is 2.27 bits per heavy atom. The highest BCUT2D eigenvalue weighted by atomic mass is 31.2. The van der Waals surface area contributed by atoms with Gasteiger partial charge in [0.2, 0.25) is 0 Å². The molecule has 6 nitrogen and oxygen atoms in total. The smallest absolute Gasteiger partial charge is 0.341 e. The first-order valence-corrected chi connectivity index (χ1v) is 8.50. The second-order valence-electron chi connectivity index (χ2n) is 5.16. The van der Waals surface area contributed by atoms with Gasteiger partial charge in [0, 0.05) is 0 Å². The van der Waals surface area contributed by atoms with Gasteiger partial charge in [0.15, 0.2) is 0 Å². The van der Waals surface area contributed by atoms with Crippen LogP contribution in [0.4, 0.5) is 0 Å². The highest BCUT2D eigenvalue weighted by Gasteiger charge is 2.16. The van der Waals surface area contributed by atoms with Crippen LogP contribution in [-0.2, 0) is 14.1 Å². The number of hydrogen-bond donors (Lipinski definition) is 2. The Bertz CT molecular complexity index is 593. The van der Waals surface area contributed by atoms with E-state index >= 15 is 0 Å². The molecular weight excluding hydrogens is 307 g/mol. The van der Waals surface area contributed by atoms with Crippen molar-refractivity contribution in [2.75, 3.05) is 19.4 Å². The van der Waals surface area contributed by atoms with Gasteiger partial charge in [-0.25, -0.2) is 4.79 Å². The van der Waals surface area contributed by atoms with E-state index in [9.17, 15) is 9.36 Å². The lowest BCUT2D eigenvalue weighted by Crippen LogP contribution is -2.16. The van der Waals surface area contributed by atoms with Crippen molar-refractivity contribution in [1.82, 2.24) is 0 Å². The normalized spacial score (nSPS) is 11.3. The van der Waals surface area contributed by atoms with Crippen LogP contribution in [0.1, 0.15) is 16.7 Å². The summed E-state index contributed by atoms with van der Waals surface area (Å²) in [4.78, 5) is 29.3. The number of hydrogen-bond acceptors (Lipinski definition) is 4. The van der Waals surface area contributed by atoms with E-state index in [2.05, 4.69) is 6.58 Å². The van der Waals surface area contributed by atoms with Crippen LogP contribution >= 0.6 is 7.60 Å². The summed E-state index contributed by atoms with van der Waals surface area (Å²) in [6.45, 7) is 8.93. The largest absolute Gasteiger partial charge is 0.423 e. The summed E-state index contributed by atoms with van der Waals surface area (Å²) in [5.74, 6) is -0.127. The van der Waals surface area contributed by atoms with E-state index in [1.807, 2.05) is 32.9 Å². The van der Waals surface area contributed by atoms with Crippen molar-refractivity contribution >= 4 is 13.6 Å². The van der Waals surface area contributed by atoms with Gasteiger partial charge in [-0.3, -0.25) is 4.57 Å². The minimum Gasteiger partial charge on any atom is -0.423 e. The van der Waals surface area contributed by atoms with Crippen LogP contribution < -0.4 is 4.74 Å². The van der Waals surface area contributed by atoms with Crippen LogP contribution in [0.5, 0.6) is 5.75 Å². The van der Waals surface area contributed by atoms with Gasteiger partial charge in [-0.15, -0.1) is 0 Å². The van der Waals surface area contributed by atoms with Gasteiger partial charge in [-0.1, -0.05) is 24.3 Å². The zero-order chi connectivity index (χ0) is 16.9. The van der Waals surface area contributed by atoms with Gasteiger partial charge in [0.1, 0.15) is 5.75 Å². The van der Waals surface area contributed by atoms with Gasteiger partial charge in [0.25, 0.3) is 0 Å².